The van der Waals surface area contributed by atoms with Gasteiger partial charge >= 0.3 is 11.9 Å². The molecule has 0 aromatic heterocycles. The molecule has 0 bridgehead atoms. The first-order valence-corrected chi connectivity index (χ1v) is 16.7. The van der Waals surface area contributed by atoms with Crippen molar-refractivity contribution in [1.29, 1.82) is 0 Å². The topological polar surface area (TPSA) is 52.6 Å². The SMILES string of the molecule is CCCCCOC(=O)CCCCCCCCCCCCCCC(C(C)C)C(C(=O)OCCCCC)C(C)C. The van der Waals surface area contributed by atoms with E-state index < -0.39 is 0 Å². The molecule has 0 N–H and O–H groups in total. The van der Waals surface area contributed by atoms with Crippen molar-refractivity contribution in [3.05, 3.63) is 0 Å². The Morgan fingerprint density at radius 2 is 0.974 bits per heavy atom. The average molecular weight is 539 g/mol. The van der Waals surface area contributed by atoms with Crippen molar-refractivity contribution in [1.82, 2.24) is 0 Å². The van der Waals surface area contributed by atoms with Crippen LogP contribution in [0.4, 0.5) is 0 Å². The molecule has 0 amide bonds. The van der Waals surface area contributed by atoms with Gasteiger partial charge in [0.25, 0.3) is 0 Å². The number of hydrogen-bond donors (Lipinski definition) is 0. The van der Waals surface area contributed by atoms with Crippen molar-refractivity contribution in [2.75, 3.05) is 13.2 Å². The molecule has 0 rings (SSSR count). The number of carbonyl (C=O) groups excluding carboxylic acids is 2. The van der Waals surface area contributed by atoms with Crippen LogP contribution in [0.1, 0.15) is 170 Å². The standard InChI is InChI=1S/C34H66O4/c1-7-9-23-27-37-32(35)26-22-20-18-16-14-12-11-13-15-17-19-21-25-31(29(3)4)33(30(5)6)34(36)38-28-24-10-8-2/h29-31,33H,7-28H2,1-6H3. The first-order chi connectivity index (χ1) is 18.3. The Morgan fingerprint density at radius 3 is 1.42 bits per heavy atom. The molecule has 0 aliphatic rings. The first-order valence-electron chi connectivity index (χ1n) is 16.7. The number of unbranched alkanes of at least 4 members (excludes halogenated alkanes) is 15. The van der Waals surface area contributed by atoms with Crippen molar-refractivity contribution < 1.29 is 19.1 Å². The maximum absolute atomic E-state index is 12.9. The van der Waals surface area contributed by atoms with E-state index in [1.54, 1.807) is 0 Å². The lowest BCUT2D eigenvalue weighted by molar-refractivity contribution is -0.153. The van der Waals surface area contributed by atoms with E-state index in [4.69, 9.17) is 9.47 Å². The molecule has 0 saturated carbocycles. The smallest absolute Gasteiger partial charge is 0.309 e. The van der Waals surface area contributed by atoms with Crippen LogP contribution >= 0.6 is 0 Å². The van der Waals surface area contributed by atoms with Crippen LogP contribution in [0.15, 0.2) is 0 Å². The zero-order chi connectivity index (χ0) is 28.4. The van der Waals surface area contributed by atoms with Crippen LogP contribution in [0.3, 0.4) is 0 Å². The van der Waals surface area contributed by atoms with Crippen LogP contribution in [0.2, 0.25) is 0 Å². The van der Waals surface area contributed by atoms with E-state index in [1.807, 2.05) is 0 Å². The minimum absolute atomic E-state index is 0.0131. The first kappa shape index (κ1) is 36.9. The minimum Gasteiger partial charge on any atom is -0.466 e. The van der Waals surface area contributed by atoms with Gasteiger partial charge in [-0.15, -0.1) is 0 Å². The van der Waals surface area contributed by atoms with E-state index >= 15 is 0 Å². The van der Waals surface area contributed by atoms with Gasteiger partial charge in [0, 0.05) is 6.42 Å². The molecule has 2 atom stereocenters. The van der Waals surface area contributed by atoms with E-state index in [-0.39, 0.29) is 17.9 Å². The molecule has 0 radical (unpaired) electrons. The lowest BCUT2D eigenvalue weighted by atomic mass is 9.74. The quantitative estimate of drug-likeness (QED) is 0.0771. The van der Waals surface area contributed by atoms with Gasteiger partial charge in [-0.2, -0.15) is 0 Å². The van der Waals surface area contributed by atoms with Crippen molar-refractivity contribution in [3.63, 3.8) is 0 Å². The minimum atomic E-state index is -0.0131. The summed E-state index contributed by atoms with van der Waals surface area (Å²) in [6.45, 7) is 14.4. The van der Waals surface area contributed by atoms with Gasteiger partial charge in [0.1, 0.15) is 0 Å². The van der Waals surface area contributed by atoms with Gasteiger partial charge in [-0.1, -0.05) is 138 Å². The third kappa shape index (κ3) is 20.8. The van der Waals surface area contributed by atoms with Gasteiger partial charge in [0.2, 0.25) is 0 Å². The van der Waals surface area contributed by atoms with Crippen molar-refractivity contribution >= 4 is 11.9 Å². The average Bonchev–Trinajstić information content (AvgIpc) is 2.88. The number of hydrogen-bond acceptors (Lipinski definition) is 4. The monoisotopic (exact) mass is 538 g/mol. The molecule has 226 valence electrons. The van der Waals surface area contributed by atoms with Gasteiger partial charge in [-0.3, -0.25) is 9.59 Å². The molecule has 0 heterocycles. The molecule has 0 fully saturated rings. The lowest BCUT2D eigenvalue weighted by Gasteiger charge is -2.31. The van der Waals surface area contributed by atoms with Gasteiger partial charge in [0.05, 0.1) is 19.1 Å². The van der Waals surface area contributed by atoms with Crippen molar-refractivity contribution in [2.24, 2.45) is 23.7 Å². The molecule has 2 unspecified atom stereocenters. The number of esters is 2. The summed E-state index contributed by atoms with van der Waals surface area (Å²) in [5.41, 5.74) is 0. The van der Waals surface area contributed by atoms with E-state index in [0.717, 1.165) is 57.8 Å². The summed E-state index contributed by atoms with van der Waals surface area (Å²) in [6, 6.07) is 0. The van der Waals surface area contributed by atoms with E-state index in [9.17, 15) is 9.59 Å². The fraction of sp³-hybridized carbons (Fsp3) is 0.941. The predicted molar refractivity (Wildman–Crippen MR) is 162 cm³/mol. The van der Waals surface area contributed by atoms with Gasteiger partial charge in [-0.25, -0.2) is 0 Å². The molecular weight excluding hydrogens is 472 g/mol. The van der Waals surface area contributed by atoms with Crippen molar-refractivity contribution in [2.45, 2.75) is 170 Å². The molecule has 38 heavy (non-hydrogen) atoms. The van der Waals surface area contributed by atoms with Crippen LogP contribution in [-0.4, -0.2) is 25.2 Å². The molecule has 0 saturated heterocycles. The second kappa shape index (κ2) is 26.2. The highest BCUT2D eigenvalue weighted by Gasteiger charge is 2.33. The van der Waals surface area contributed by atoms with Crippen LogP contribution in [-0.2, 0) is 19.1 Å². The number of rotatable bonds is 27. The Hall–Kier alpha value is -1.06. The van der Waals surface area contributed by atoms with E-state index in [2.05, 4.69) is 41.5 Å². The Bertz CT molecular complexity index is 543. The second-order valence-electron chi connectivity index (χ2n) is 12.3. The molecular formula is C34H66O4. The summed E-state index contributed by atoms with van der Waals surface area (Å²) in [6.07, 6.45) is 23.4. The highest BCUT2D eigenvalue weighted by Crippen LogP contribution is 2.33. The Kier molecular flexibility index (Phi) is 25.4. The molecule has 4 heteroatoms. The zero-order valence-corrected chi connectivity index (χ0v) is 26.5. The second-order valence-corrected chi connectivity index (χ2v) is 12.3. The van der Waals surface area contributed by atoms with Gasteiger partial charge in [-0.05, 0) is 43.4 Å². The maximum Gasteiger partial charge on any atom is 0.309 e. The highest BCUT2D eigenvalue weighted by molar-refractivity contribution is 5.73. The normalized spacial score (nSPS) is 13.2. The summed E-state index contributed by atoms with van der Waals surface area (Å²) in [5.74, 6) is 1.31. The number of ether oxygens (including phenoxy) is 2. The fourth-order valence-corrected chi connectivity index (χ4v) is 5.52. The van der Waals surface area contributed by atoms with Gasteiger partial charge < -0.3 is 9.47 Å². The van der Waals surface area contributed by atoms with Crippen LogP contribution in [0.5, 0.6) is 0 Å². The predicted octanol–water partition coefficient (Wildman–Crippen LogP) is 10.5. The summed E-state index contributed by atoms with van der Waals surface area (Å²) in [5, 5.41) is 0. The summed E-state index contributed by atoms with van der Waals surface area (Å²) in [7, 11) is 0. The molecule has 0 aromatic rings. The lowest BCUT2D eigenvalue weighted by Crippen LogP contribution is -2.33. The van der Waals surface area contributed by atoms with Gasteiger partial charge in [0.15, 0.2) is 0 Å². The Morgan fingerprint density at radius 1 is 0.526 bits per heavy atom. The molecule has 0 aliphatic heterocycles. The fourth-order valence-electron chi connectivity index (χ4n) is 5.52. The highest BCUT2D eigenvalue weighted by atomic mass is 16.5. The molecule has 0 spiro atoms. The molecule has 0 aliphatic carbocycles. The molecule has 0 aromatic carbocycles. The Labute approximate surface area is 237 Å². The van der Waals surface area contributed by atoms with Crippen molar-refractivity contribution in [3.8, 4) is 0 Å². The van der Waals surface area contributed by atoms with Crippen LogP contribution in [0, 0.1) is 23.7 Å². The maximum atomic E-state index is 12.9. The Balaban J connectivity index is 3.81. The number of carbonyl (C=O) groups is 2. The largest absolute Gasteiger partial charge is 0.466 e. The zero-order valence-electron chi connectivity index (χ0n) is 26.5. The third-order valence-corrected chi connectivity index (χ3v) is 7.98. The summed E-state index contributed by atoms with van der Waals surface area (Å²) < 4.78 is 11.0. The van der Waals surface area contributed by atoms with E-state index in [0.29, 0.717) is 37.4 Å². The molecule has 4 nitrogen and oxygen atoms in total. The third-order valence-electron chi connectivity index (χ3n) is 7.98. The summed E-state index contributed by atoms with van der Waals surface area (Å²) in [4.78, 5) is 24.5. The van der Waals surface area contributed by atoms with Crippen LogP contribution in [0.25, 0.3) is 0 Å². The van der Waals surface area contributed by atoms with Crippen LogP contribution < -0.4 is 0 Å². The summed E-state index contributed by atoms with van der Waals surface area (Å²) >= 11 is 0. The van der Waals surface area contributed by atoms with E-state index in [1.165, 1.54) is 64.2 Å².